The molecule has 27 heavy (non-hydrogen) atoms. The lowest BCUT2D eigenvalue weighted by molar-refractivity contribution is 0.0664. The van der Waals surface area contributed by atoms with Gasteiger partial charge in [-0.05, 0) is 17.7 Å². The third-order valence-electron chi connectivity index (χ3n) is 4.23. The predicted octanol–water partition coefficient (Wildman–Crippen LogP) is 0.935. The van der Waals surface area contributed by atoms with E-state index in [0.717, 1.165) is 5.56 Å². The molecule has 1 saturated heterocycles. The zero-order valence-corrected chi connectivity index (χ0v) is 15.6. The number of furan rings is 1. The van der Waals surface area contributed by atoms with Gasteiger partial charge in [-0.1, -0.05) is 30.3 Å². The van der Waals surface area contributed by atoms with Gasteiger partial charge in [-0.3, -0.25) is 4.79 Å². The molecule has 2 heterocycles. The van der Waals surface area contributed by atoms with Crippen molar-refractivity contribution in [2.75, 3.05) is 39.5 Å². The second-order valence-corrected chi connectivity index (χ2v) is 7.94. The maximum Gasteiger partial charge on any atom is 0.289 e. The summed E-state index contributed by atoms with van der Waals surface area (Å²) in [6.45, 7) is 1.33. The van der Waals surface area contributed by atoms with Crippen molar-refractivity contribution < 1.29 is 27.5 Å². The Balaban J connectivity index is 1.77. The zero-order valence-electron chi connectivity index (χ0n) is 14.8. The van der Waals surface area contributed by atoms with Crippen LogP contribution in [0.4, 0.5) is 0 Å². The van der Waals surface area contributed by atoms with Crippen LogP contribution in [0.1, 0.15) is 16.1 Å². The first-order valence-corrected chi connectivity index (χ1v) is 10.1. The van der Waals surface area contributed by atoms with Gasteiger partial charge in [0.1, 0.15) is 0 Å². The highest BCUT2D eigenvalue weighted by atomic mass is 32.2. The number of sulfonamides is 1. The lowest BCUT2D eigenvalue weighted by Gasteiger charge is -2.24. The highest BCUT2D eigenvalue weighted by molar-refractivity contribution is 7.89. The molecular weight excluding hydrogens is 372 g/mol. The van der Waals surface area contributed by atoms with Crippen molar-refractivity contribution in [1.82, 2.24) is 9.21 Å². The van der Waals surface area contributed by atoms with E-state index in [1.54, 1.807) is 0 Å². The molecule has 0 radical (unpaired) electrons. The lowest BCUT2D eigenvalue weighted by Crippen LogP contribution is -2.40. The second kappa shape index (κ2) is 8.66. The van der Waals surface area contributed by atoms with Gasteiger partial charge in [-0.15, -0.1) is 0 Å². The third kappa shape index (κ3) is 4.56. The van der Waals surface area contributed by atoms with E-state index in [2.05, 4.69) is 0 Å². The van der Waals surface area contributed by atoms with Gasteiger partial charge in [-0.25, -0.2) is 8.42 Å². The van der Waals surface area contributed by atoms with Crippen LogP contribution in [0.15, 0.2) is 52.0 Å². The fraction of sp³-hybridized carbons (Fsp3) is 0.389. The maximum absolute atomic E-state index is 12.7. The summed E-state index contributed by atoms with van der Waals surface area (Å²) < 4.78 is 37.1. The average molecular weight is 394 g/mol. The molecule has 1 N–H and O–H groups in total. The topological polar surface area (TPSA) is 100 Å². The largest absolute Gasteiger partial charge is 0.438 e. The van der Waals surface area contributed by atoms with Crippen molar-refractivity contribution in [3.8, 4) is 0 Å². The minimum Gasteiger partial charge on any atom is -0.438 e. The van der Waals surface area contributed by atoms with Crippen molar-refractivity contribution in [2.45, 2.75) is 11.6 Å². The number of amides is 1. The Morgan fingerprint density at radius 1 is 1.11 bits per heavy atom. The van der Waals surface area contributed by atoms with E-state index in [-0.39, 0.29) is 43.6 Å². The average Bonchev–Trinajstić information content (AvgIpc) is 3.20. The highest BCUT2D eigenvalue weighted by Gasteiger charge is 2.30. The Kier molecular flexibility index (Phi) is 6.27. The molecule has 1 aliphatic rings. The van der Waals surface area contributed by atoms with Crippen molar-refractivity contribution in [1.29, 1.82) is 0 Å². The van der Waals surface area contributed by atoms with E-state index < -0.39 is 15.9 Å². The number of carbonyl (C=O) groups excluding carboxylic acids is 1. The molecule has 0 unspecified atom stereocenters. The smallest absolute Gasteiger partial charge is 0.289 e. The molecule has 0 bridgehead atoms. The van der Waals surface area contributed by atoms with Crippen molar-refractivity contribution in [2.24, 2.45) is 0 Å². The van der Waals surface area contributed by atoms with Crippen LogP contribution in [-0.4, -0.2) is 68.1 Å². The summed E-state index contributed by atoms with van der Waals surface area (Å²) >= 11 is 0. The molecule has 1 amide bonds. The van der Waals surface area contributed by atoms with Gasteiger partial charge < -0.3 is 19.2 Å². The fourth-order valence-electron chi connectivity index (χ4n) is 2.82. The first-order chi connectivity index (χ1) is 13.0. The van der Waals surface area contributed by atoms with Gasteiger partial charge in [0.15, 0.2) is 5.76 Å². The lowest BCUT2D eigenvalue weighted by atomic mass is 10.2. The van der Waals surface area contributed by atoms with Crippen LogP contribution >= 0.6 is 0 Å². The van der Waals surface area contributed by atoms with E-state index in [1.807, 2.05) is 30.3 Å². The number of aliphatic hydroxyl groups excluding tert-OH is 1. The SMILES string of the molecule is O=C(c1ccc(S(=O)(=O)N2CCOCC2)o1)N(CCO)Cc1ccccc1. The Hall–Kier alpha value is -2.20. The summed E-state index contributed by atoms with van der Waals surface area (Å²) in [5.74, 6) is -0.553. The number of hydrogen-bond acceptors (Lipinski definition) is 6. The van der Waals surface area contributed by atoms with E-state index in [1.165, 1.54) is 21.3 Å². The number of benzene rings is 1. The molecular formula is C18H22N2O6S. The number of hydrogen-bond donors (Lipinski definition) is 1. The Morgan fingerprint density at radius 3 is 2.48 bits per heavy atom. The van der Waals surface area contributed by atoms with E-state index in [0.29, 0.717) is 13.2 Å². The first-order valence-electron chi connectivity index (χ1n) is 8.64. The molecule has 0 aliphatic carbocycles. The van der Waals surface area contributed by atoms with Gasteiger partial charge in [0.05, 0.1) is 19.8 Å². The number of nitrogens with zero attached hydrogens (tertiary/aromatic N) is 2. The molecule has 0 spiro atoms. The van der Waals surface area contributed by atoms with Crippen LogP contribution in [0.25, 0.3) is 0 Å². The minimum absolute atomic E-state index is 0.0776. The van der Waals surface area contributed by atoms with Crippen LogP contribution < -0.4 is 0 Å². The van der Waals surface area contributed by atoms with Gasteiger partial charge in [0.2, 0.25) is 5.09 Å². The number of rotatable bonds is 7. The summed E-state index contributed by atoms with van der Waals surface area (Å²) in [6, 6.07) is 12.0. The number of aliphatic hydroxyl groups is 1. The third-order valence-corrected chi connectivity index (χ3v) is 6.00. The van der Waals surface area contributed by atoms with E-state index in [9.17, 15) is 18.3 Å². The number of morpholine rings is 1. The molecule has 1 aliphatic heterocycles. The Bertz CT molecular complexity index is 859. The summed E-state index contributed by atoms with van der Waals surface area (Å²) in [5.41, 5.74) is 0.895. The highest BCUT2D eigenvalue weighted by Crippen LogP contribution is 2.21. The summed E-state index contributed by atoms with van der Waals surface area (Å²) in [5, 5.41) is 9.01. The Labute approximate surface area is 158 Å². The van der Waals surface area contributed by atoms with Gasteiger partial charge in [0.25, 0.3) is 15.9 Å². The molecule has 9 heteroatoms. The van der Waals surface area contributed by atoms with Gasteiger partial charge in [0, 0.05) is 26.2 Å². The molecule has 1 aromatic carbocycles. The zero-order chi connectivity index (χ0) is 19.3. The van der Waals surface area contributed by atoms with Crippen molar-refractivity contribution in [3.05, 3.63) is 53.8 Å². The first kappa shape index (κ1) is 19.6. The molecule has 0 saturated carbocycles. The molecule has 8 nitrogen and oxygen atoms in total. The minimum atomic E-state index is -3.81. The monoisotopic (exact) mass is 394 g/mol. The maximum atomic E-state index is 12.7. The van der Waals surface area contributed by atoms with Crippen LogP contribution in [0.5, 0.6) is 0 Å². The molecule has 3 rings (SSSR count). The van der Waals surface area contributed by atoms with Crippen molar-refractivity contribution in [3.63, 3.8) is 0 Å². The standard InChI is InChI=1S/C18H22N2O6S/c21-11-8-19(14-15-4-2-1-3-5-15)18(22)16-6-7-17(26-16)27(23,24)20-9-12-25-13-10-20/h1-7,21H,8-14H2. The molecule has 146 valence electrons. The summed E-state index contributed by atoms with van der Waals surface area (Å²) in [7, 11) is -3.81. The predicted molar refractivity (Wildman–Crippen MR) is 96.6 cm³/mol. The molecule has 1 aromatic heterocycles. The molecule has 0 atom stereocenters. The van der Waals surface area contributed by atoms with Crippen LogP contribution in [0.2, 0.25) is 0 Å². The van der Waals surface area contributed by atoms with Crippen LogP contribution in [-0.2, 0) is 21.3 Å². The second-order valence-electron chi connectivity index (χ2n) is 6.07. The summed E-state index contributed by atoms with van der Waals surface area (Å²) in [6.07, 6.45) is 0. The van der Waals surface area contributed by atoms with E-state index in [4.69, 9.17) is 9.15 Å². The van der Waals surface area contributed by atoms with Crippen molar-refractivity contribution >= 4 is 15.9 Å². The Morgan fingerprint density at radius 2 is 1.81 bits per heavy atom. The summed E-state index contributed by atoms with van der Waals surface area (Å²) in [4.78, 5) is 14.2. The molecule has 2 aromatic rings. The fourth-order valence-corrected chi connectivity index (χ4v) is 4.14. The normalized spacial score (nSPS) is 15.6. The van der Waals surface area contributed by atoms with Gasteiger partial charge >= 0.3 is 0 Å². The van der Waals surface area contributed by atoms with Gasteiger partial charge in [-0.2, -0.15) is 4.31 Å². The quantitative estimate of drug-likeness (QED) is 0.750. The number of ether oxygens (including phenoxy) is 1. The molecule has 1 fully saturated rings. The number of carbonyl (C=O) groups is 1. The van der Waals surface area contributed by atoms with E-state index >= 15 is 0 Å². The van der Waals surface area contributed by atoms with Crippen LogP contribution in [0.3, 0.4) is 0 Å². The van der Waals surface area contributed by atoms with Crippen LogP contribution in [0, 0.1) is 0 Å².